The zero-order chi connectivity index (χ0) is 14.7. The Balaban J connectivity index is 1.93. The number of aromatic nitrogens is 2. The number of fused-ring (bicyclic) bond motifs is 1. The number of hydrogen-bond acceptors (Lipinski definition) is 2. The molecule has 0 aliphatic carbocycles. The van der Waals surface area contributed by atoms with Gasteiger partial charge in [0.1, 0.15) is 6.33 Å². The molecule has 1 aromatic heterocycles. The lowest BCUT2D eigenvalue weighted by Gasteiger charge is -2.06. The fourth-order valence-corrected chi connectivity index (χ4v) is 2.34. The predicted octanol–water partition coefficient (Wildman–Crippen LogP) is 3.76. The third kappa shape index (κ3) is 2.79. The summed E-state index contributed by atoms with van der Waals surface area (Å²) in [5.41, 5.74) is 3.75. The summed E-state index contributed by atoms with van der Waals surface area (Å²) in [5.74, 6) is 0.0411. The summed E-state index contributed by atoms with van der Waals surface area (Å²) in [7, 11) is 0. The zero-order valence-electron chi connectivity index (χ0n) is 11.9. The van der Waals surface area contributed by atoms with E-state index in [1.54, 1.807) is 6.33 Å². The fraction of sp³-hybridized carbons (Fsp3) is 0.176. The zero-order valence-corrected chi connectivity index (χ0v) is 11.9. The van der Waals surface area contributed by atoms with Gasteiger partial charge in [0.2, 0.25) is 5.91 Å². The number of anilines is 1. The summed E-state index contributed by atoms with van der Waals surface area (Å²) in [6.45, 7) is 1.99. The van der Waals surface area contributed by atoms with Crippen molar-refractivity contribution in [2.24, 2.45) is 0 Å². The van der Waals surface area contributed by atoms with E-state index in [0.717, 1.165) is 28.8 Å². The van der Waals surface area contributed by atoms with Gasteiger partial charge >= 0.3 is 0 Å². The van der Waals surface area contributed by atoms with Crippen LogP contribution >= 0.6 is 0 Å². The van der Waals surface area contributed by atoms with Crippen molar-refractivity contribution in [2.75, 3.05) is 5.32 Å². The van der Waals surface area contributed by atoms with Crippen LogP contribution in [0.1, 0.15) is 19.8 Å². The number of imidazole rings is 1. The lowest BCUT2D eigenvalue weighted by atomic mass is 10.2. The molecule has 0 bridgehead atoms. The molecule has 0 aliphatic rings. The average molecular weight is 279 g/mol. The second-order valence-corrected chi connectivity index (χ2v) is 4.95. The van der Waals surface area contributed by atoms with Gasteiger partial charge in [-0.15, -0.1) is 0 Å². The molecule has 21 heavy (non-hydrogen) atoms. The van der Waals surface area contributed by atoms with Crippen molar-refractivity contribution < 1.29 is 4.79 Å². The smallest absolute Gasteiger partial charge is 0.224 e. The fourth-order valence-electron chi connectivity index (χ4n) is 2.34. The van der Waals surface area contributed by atoms with Crippen molar-refractivity contribution in [3.05, 3.63) is 54.9 Å². The molecule has 1 heterocycles. The van der Waals surface area contributed by atoms with Crippen molar-refractivity contribution in [1.82, 2.24) is 9.55 Å². The average Bonchev–Trinajstić information content (AvgIpc) is 2.91. The number of hydrogen-bond donors (Lipinski definition) is 1. The standard InChI is InChI=1S/C17H17N3O/c1-2-6-17(21)19-13-9-10-16-15(11-13)18-12-20(16)14-7-4-3-5-8-14/h3-5,7-12H,2,6H2,1H3,(H,19,21). The van der Waals surface area contributed by atoms with Crippen LogP contribution in [-0.4, -0.2) is 15.5 Å². The third-order valence-electron chi connectivity index (χ3n) is 3.34. The van der Waals surface area contributed by atoms with Gasteiger partial charge in [0.15, 0.2) is 0 Å². The summed E-state index contributed by atoms with van der Waals surface area (Å²) in [5, 5.41) is 2.90. The molecule has 4 heteroatoms. The van der Waals surface area contributed by atoms with Crippen LogP contribution in [-0.2, 0) is 4.79 Å². The highest BCUT2D eigenvalue weighted by Gasteiger charge is 2.06. The molecule has 4 nitrogen and oxygen atoms in total. The van der Waals surface area contributed by atoms with Crippen LogP contribution in [0.25, 0.3) is 16.7 Å². The van der Waals surface area contributed by atoms with Crippen LogP contribution in [0.15, 0.2) is 54.9 Å². The molecule has 0 aliphatic heterocycles. The number of amides is 1. The largest absolute Gasteiger partial charge is 0.326 e. The second-order valence-electron chi connectivity index (χ2n) is 4.95. The van der Waals surface area contributed by atoms with Crippen LogP contribution in [0.2, 0.25) is 0 Å². The Kier molecular flexibility index (Phi) is 3.69. The number of nitrogens with zero attached hydrogens (tertiary/aromatic N) is 2. The first kappa shape index (κ1) is 13.4. The highest BCUT2D eigenvalue weighted by molar-refractivity contribution is 5.93. The number of benzene rings is 2. The number of para-hydroxylation sites is 1. The molecule has 0 fully saturated rings. The van der Waals surface area contributed by atoms with Gasteiger partial charge in [-0.1, -0.05) is 25.1 Å². The van der Waals surface area contributed by atoms with Gasteiger partial charge in [-0.05, 0) is 36.8 Å². The van der Waals surface area contributed by atoms with Crippen molar-refractivity contribution >= 4 is 22.6 Å². The Morgan fingerprint density at radius 2 is 2.00 bits per heavy atom. The number of nitrogens with one attached hydrogen (secondary N) is 1. The number of carbonyl (C=O) groups excluding carboxylic acids is 1. The van der Waals surface area contributed by atoms with Gasteiger partial charge in [0.05, 0.1) is 11.0 Å². The molecule has 106 valence electrons. The first-order valence-electron chi connectivity index (χ1n) is 7.10. The summed E-state index contributed by atoms with van der Waals surface area (Å²) < 4.78 is 2.03. The molecule has 0 saturated carbocycles. The highest BCUT2D eigenvalue weighted by atomic mass is 16.1. The van der Waals surface area contributed by atoms with E-state index in [4.69, 9.17) is 0 Å². The van der Waals surface area contributed by atoms with Gasteiger partial charge in [0, 0.05) is 17.8 Å². The molecular formula is C17H17N3O. The maximum atomic E-state index is 11.6. The van der Waals surface area contributed by atoms with Gasteiger partial charge in [-0.25, -0.2) is 4.98 Å². The molecule has 3 rings (SSSR count). The van der Waals surface area contributed by atoms with Crippen LogP contribution in [0.3, 0.4) is 0 Å². The SMILES string of the molecule is CCCC(=O)Nc1ccc2c(c1)ncn2-c1ccccc1. The monoisotopic (exact) mass is 279 g/mol. The second kappa shape index (κ2) is 5.79. The van der Waals surface area contributed by atoms with Gasteiger partial charge in [-0.2, -0.15) is 0 Å². The van der Waals surface area contributed by atoms with E-state index in [1.807, 2.05) is 60.0 Å². The summed E-state index contributed by atoms with van der Waals surface area (Å²) in [6, 6.07) is 15.9. The van der Waals surface area contributed by atoms with E-state index in [2.05, 4.69) is 10.3 Å². The Morgan fingerprint density at radius 1 is 1.19 bits per heavy atom. The Hall–Kier alpha value is -2.62. The molecular weight excluding hydrogens is 262 g/mol. The number of rotatable bonds is 4. The van der Waals surface area contributed by atoms with E-state index in [1.165, 1.54) is 0 Å². The van der Waals surface area contributed by atoms with Gasteiger partial charge in [0.25, 0.3) is 0 Å². The molecule has 0 saturated heterocycles. The lowest BCUT2D eigenvalue weighted by Crippen LogP contribution is -2.10. The first-order valence-corrected chi connectivity index (χ1v) is 7.10. The summed E-state index contributed by atoms with van der Waals surface area (Å²) >= 11 is 0. The van der Waals surface area contributed by atoms with Crippen molar-refractivity contribution in [2.45, 2.75) is 19.8 Å². The van der Waals surface area contributed by atoms with E-state index in [-0.39, 0.29) is 5.91 Å². The predicted molar refractivity (Wildman–Crippen MR) is 84.6 cm³/mol. The Labute approximate surface area is 123 Å². The molecule has 0 atom stereocenters. The highest BCUT2D eigenvalue weighted by Crippen LogP contribution is 2.21. The van der Waals surface area contributed by atoms with Crippen LogP contribution in [0.4, 0.5) is 5.69 Å². The number of carbonyl (C=O) groups is 1. The molecule has 0 radical (unpaired) electrons. The topological polar surface area (TPSA) is 46.9 Å². The minimum Gasteiger partial charge on any atom is -0.326 e. The Morgan fingerprint density at radius 3 is 2.76 bits per heavy atom. The maximum Gasteiger partial charge on any atom is 0.224 e. The summed E-state index contributed by atoms with van der Waals surface area (Å²) in [4.78, 5) is 16.1. The molecule has 1 N–H and O–H groups in total. The van der Waals surface area contributed by atoms with E-state index in [9.17, 15) is 4.79 Å². The third-order valence-corrected chi connectivity index (χ3v) is 3.34. The Bertz CT molecular complexity index is 762. The molecule has 0 spiro atoms. The normalized spacial score (nSPS) is 10.7. The van der Waals surface area contributed by atoms with Crippen molar-refractivity contribution in [1.29, 1.82) is 0 Å². The minimum atomic E-state index is 0.0411. The lowest BCUT2D eigenvalue weighted by molar-refractivity contribution is -0.116. The molecule has 2 aromatic carbocycles. The quantitative estimate of drug-likeness (QED) is 0.790. The van der Waals surface area contributed by atoms with Crippen LogP contribution < -0.4 is 5.32 Å². The molecule has 3 aromatic rings. The molecule has 1 amide bonds. The van der Waals surface area contributed by atoms with Gasteiger partial charge < -0.3 is 5.32 Å². The summed E-state index contributed by atoms with van der Waals surface area (Å²) in [6.07, 6.45) is 3.19. The van der Waals surface area contributed by atoms with E-state index >= 15 is 0 Å². The van der Waals surface area contributed by atoms with Crippen molar-refractivity contribution in [3.8, 4) is 5.69 Å². The maximum absolute atomic E-state index is 11.6. The minimum absolute atomic E-state index is 0.0411. The van der Waals surface area contributed by atoms with Crippen LogP contribution in [0.5, 0.6) is 0 Å². The first-order chi connectivity index (χ1) is 10.3. The van der Waals surface area contributed by atoms with Crippen molar-refractivity contribution in [3.63, 3.8) is 0 Å². The van der Waals surface area contributed by atoms with E-state index < -0.39 is 0 Å². The van der Waals surface area contributed by atoms with Crippen LogP contribution in [0, 0.1) is 0 Å². The van der Waals surface area contributed by atoms with Gasteiger partial charge in [-0.3, -0.25) is 9.36 Å². The van der Waals surface area contributed by atoms with E-state index in [0.29, 0.717) is 6.42 Å². The molecule has 0 unspecified atom stereocenters.